The van der Waals surface area contributed by atoms with Gasteiger partial charge in [-0.3, -0.25) is 0 Å². The fourth-order valence-electron chi connectivity index (χ4n) is 2.48. The van der Waals surface area contributed by atoms with Crippen LogP contribution in [0, 0.1) is 0 Å². The standard InChI is InChI=1S/C19H24BrNO/c1-3-22-17-11-12-19(20)18(14-17)15(2)21-13-7-10-16-8-5-4-6-9-16/h4-6,8-9,11-12,14-15,21H,3,7,10,13H2,1-2H3. The van der Waals surface area contributed by atoms with Gasteiger partial charge in [0.05, 0.1) is 6.61 Å². The molecule has 0 bridgehead atoms. The summed E-state index contributed by atoms with van der Waals surface area (Å²) in [6.45, 7) is 5.90. The number of rotatable bonds is 8. The molecule has 0 fully saturated rings. The number of benzene rings is 2. The maximum Gasteiger partial charge on any atom is 0.119 e. The van der Waals surface area contributed by atoms with Crippen LogP contribution in [0.4, 0.5) is 0 Å². The monoisotopic (exact) mass is 361 g/mol. The molecule has 2 aromatic rings. The van der Waals surface area contributed by atoms with Gasteiger partial charge in [-0.25, -0.2) is 0 Å². The first kappa shape index (κ1) is 17.0. The van der Waals surface area contributed by atoms with Crippen LogP contribution in [0.1, 0.15) is 37.4 Å². The molecule has 0 heterocycles. The average Bonchev–Trinajstić information content (AvgIpc) is 2.54. The number of nitrogens with one attached hydrogen (secondary N) is 1. The van der Waals surface area contributed by atoms with Crippen LogP contribution in [-0.2, 0) is 6.42 Å². The summed E-state index contributed by atoms with van der Waals surface area (Å²) in [5.41, 5.74) is 2.64. The van der Waals surface area contributed by atoms with Gasteiger partial charge in [-0.05, 0) is 62.6 Å². The molecule has 0 amide bonds. The van der Waals surface area contributed by atoms with Crippen LogP contribution in [-0.4, -0.2) is 13.2 Å². The summed E-state index contributed by atoms with van der Waals surface area (Å²) in [4.78, 5) is 0. The van der Waals surface area contributed by atoms with Crippen molar-refractivity contribution in [3.63, 3.8) is 0 Å². The Morgan fingerprint density at radius 2 is 1.91 bits per heavy atom. The van der Waals surface area contributed by atoms with Gasteiger partial charge >= 0.3 is 0 Å². The normalized spacial score (nSPS) is 12.1. The van der Waals surface area contributed by atoms with Gasteiger partial charge in [-0.15, -0.1) is 0 Å². The topological polar surface area (TPSA) is 21.3 Å². The first-order chi connectivity index (χ1) is 10.7. The highest BCUT2D eigenvalue weighted by atomic mass is 79.9. The zero-order valence-corrected chi connectivity index (χ0v) is 14.9. The number of ether oxygens (including phenoxy) is 1. The van der Waals surface area contributed by atoms with E-state index >= 15 is 0 Å². The van der Waals surface area contributed by atoms with E-state index in [-0.39, 0.29) is 0 Å². The smallest absolute Gasteiger partial charge is 0.119 e. The minimum Gasteiger partial charge on any atom is -0.494 e. The summed E-state index contributed by atoms with van der Waals surface area (Å²) < 4.78 is 6.71. The van der Waals surface area contributed by atoms with Gasteiger partial charge < -0.3 is 10.1 Å². The van der Waals surface area contributed by atoms with Crippen molar-refractivity contribution in [3.8, 4) is 5.75 Å². The molecule has 3 heteroatoms. The maximum absolute atomic E-state index is 5.59. The molecule has 1 atom stereocenters. The Balaban J connectivity index is 1.84. The van der Waals surface area contributed by atoms with Crippen LogP contribution in [0.15, 0.2) is 53.0 Å². The molecule has 0 aliphatic carbocycles. The van der Waals surface area contributed by atoms with Crippen molar-refractivity contribution < 1.29 is 4.74 Å². The lowest BCUT2D eigenvalue weighted by atomic mass is 10.1. The number of halogens is 1. The van der Waals surface area contributed by atoms with E-state index in [9.17, 15) is 0 Å². The molecular weight excluding hydrogens is 338 g/mol. The quantitative estimate of drug-likeness (QED) is 0.657. The molecule has 0 aromatic heterocycles. The van der Waals surface area contributed by atoms with Crippen molar-refractivity contribution in [2.24, 2.45) is 0 Å². The molecule has 0 saturated heterocycles. The Morgan fingerprint density at radius 3 is 2.64 bits per heavy atom. The molecule has 0 radical (unpaired) electrons. The van der Waals surface area contributed by atoms with Gasteiger partial charge in [0, 0.05) is 10.5 Å². The third kappa shape index (κ3) is 5.15. The van der Waals surface area contributed by atoms with Crippen molar-refractivity contribution in [3.05, 3.63) is 64.1 Å². The van der Waals surface area contributed by atoms with Crippen molar-refractivity contribution in [1.29, 1.82) is 0 Å². The van der Waals surface area contributed by atoms with Crippen LogP contribution in [0.3, 0.4) is 0 Å². The highest BCUT2D eigenvalue weighted by Crippen LogP contribution is 2.27. The van der Waals surface area contributed by atoms with Crippen LogP contribution in [0.5, 0.6) is 5.75 Å². The van der Waals surface area contributed by atoms with Gasteiger partial charge in [0.15, 0.2) is 0 Å². The molecule has 0 aliphatic rings. The Morgan fingerprint density at radius 1 is 1.14 bits per heavy atom. The molecule has 0 aliphatic heterocycles. The highest BCUT2D eigenvalue weighted by molar-refractivity contribution is 9.10. The second-order valence-electron chi connectivity index (χ2n) is 5.38. The fourth-order valence-corrected chi connectivity index (χ4v) is 3.07. The van der Waals surface area contributed by atoms with Crippen molar-refractivity contribution in [1.82, 2.24) is 5.32 Å². The van der Waals surface area contributed by atoms with Crippen LogP contribution >= 0.6 is 15.9 Å². The largest absolute Gasteiger partial charge is 0.494 e. The summed E-state index contributed by atoms with van der Waals surface area (Å²) in [5, 5.41) is 3.59. The molecule has 22 heavy (non-hydrogen) atoms. The summed E-state index contributed by atoms with van der Waals surface area (Å²) in [6, 6.07) is 17.1. The predicted octanol–water partition coefficient (Wildman–Crippen LogP) is 5.13. The lowest BCUT2D eigenvalue weighted by Crippen LogP contribution is -2.20. The van der Waals surface area contributed by atoms with Crippen molar-refractivity contribution >= 4 is 15.9 Å². The third-order valence-electron chi connectivity index (χ3n) is 3.68. The Hall–Kier alpha value is -1.32. The number of aryl methyl sites for hydroxylation is 1. The van der Waals surface area contributed by atoms with Crippen LogP contribution < -0.4 is 10.1 Å². The summed E-state index contributed by atoms with van der Waals surface area (Å²) in [5.74, 6) is 0.929. The lowest BCUT2D eigenvalue weighted by Gasteiger charge is -2.17. The van der Waals surface area contributed by atoms with E-state index < -0.39 is 0 Å². The molecule has 2 aromatic carbocycles. The Bertz CT molecular complexity index is 571. The van der Waals surface area contributed by atoms with Crippen molar-refractivity contribution in [2.75, 3.05) is 13.2 Å². The predicted molar refractivity (Wildman–Crippen MR) is 96.5 cm³/mol. The Labute approximate surface area is 142 Å². The summed E-state index contributed by atoms with van der Waals surface area (Å²) >= 11 is 3.63. The van der Waals surface area contributed by atoms with Gasteiger partial charge in [0.2, 0.25) is 0 Å². The summed E-state index contributed by atoms with van der Waals surface area (Å²) in [6.07, 6.45) is 2.25. The maximum atomic E-state index is 5.59. The van der Waals surface area contributed by atoms with Gasteiger partial charge in [0.25, 0.3) is 0 Å². The molecule has 1 N–H and O–H groups in total. The molecular formula is C19H24BrNO. The average molecular weight is 362 g/mol. The van der Waals surface area contributed by atoms with Gasteiger partial charge in [0.1, 0.15) is 5.75 Å². The Kier molecular flexibility index (Phi) is 6.94. The number of hydrogen-bond acceptors (Lipinski definition) is 2. The van der Waals surface area contributed by atoms with E-state index in [0.29, 0.717) is 12.6 Å². The molecule has 0 spiro atoms. The van der Waals surface area contributed by atoms with Gasteiger partial charge in [-0.1, -0.05) is 46.3 Å². The van der Waals surface area contributed by atoms with Gasteiger partial charge in [-0.2, -0.15) is 0 Å². The van der Waals surface area contributed by atoms with E-state index in [1.54, 1.807) is 0 Å². The number of hydrogen-bond donors (Lipinski definition) is 1. The van der Waals surface area contributed by atoms with Crippen LogP contribution in [0.2, 0.25) is 0 Å². The first-order valence-corrected chi connectivity index (χ1v) is 8.69. The van der Waals surface area contributed by atoms with Crippen LogP contribution in [0.25, 0.3) is 0 Å². The first-order valence-electron chi connectivity index (χ1n) is 7.90. The zero-order valence-electron chi connectivity index (χ0n) is 13.3. The fraction of sp³-hybridized carbons (Fsp3) is 0.368. The third-order valence-corrected chi connectivity index (χ3v) is 4.40. The van der Waals surface area contributed by atoms with E-state index in [1.807, 2.05) is 13.0 Å². The molecule has 0 saturated carbocycles. The van der Waals surface area contributed by atoms with E-state index in [2.05, 4.69) is 70.6 Å². The van der Waals surface area contributed by atoms with Crippen molar-refractivity contribution in [2.45, 2.75) is 32.7 Å². The SMILES string of the molecule is CCOc1ccc(Br)c(C(C)NCCCc2ccccc2)c1. The molecule has 2 rings (SSSR count). The lowest BCUT2D eigenvalue weighted by molar-refractivity contribution is 0.339. The second kappa shape index (κ2) is 8.96. The molecule has 2 nitrogen and oxygen atoms in total. The second-order valence-corrected chi connectivity index (χ2v) is 6.24. The molecule has 118 valence electrons. The van der Waals surface area contributed by atoms with E-state index in [1.165, 1.54) is 11.1 Å². The van der Waals surface area contributed by atoms with E-state index in [0.717, 1.165) is 29.6 Å². The zero-order chi connectivity index (χ0) is 15.8. The van der Waals surface area contributed by atoms with E-state index in [4.69, 9.17) is 4.74 Å². The highest BCUT2D eigenvalue weighted by Gasteiger charge is 2.10. The molecule has 1 unspecified atom stereocenters. The summed E-state index contributed by atoms with van der Waals surface area (Å²) in [7, 11) is 0. The minimum atomic E-state index is 0.297. The minimum absolute atomic E-state index is 0.297.